The van der Waals surface area contributed by atoms with Gasteiger partial charge < -0.3 is 63.0 Å². The molecule has 6 saturated carbocycles. The Hall–Kier alpha value is -10.6. The van der Waals surface area contributed by atoms with Crippen LogP contribution < -0.4 is 19.5 Å². The topological polar surface area (TPSA) is 347 Å². The van der Waals surface area contributed by atoms with Crippen LogP contribution in [0.3, 0.4) is 0 Å². The largest absolute Gasteiger partial charge is 0.480 e. The van der Waals surface area contributed by atoms with Crippen molar-refractivity contribution in [3.05, 3.63) is 102 Å². The van der Waals surface area contributed by atoms with Crippen LogP contribution in [0, 0.1) is 81.3 Å². The lowest BCUT2D eigenvalue weighted by Gasteiger charge is -2.35. The fraction of sp³-hybridized carbons (Fsp3) is 0.639. The van der Waals surface area contributed by atoms with E-state index in [4.69, 9.17) is 37.9 Å². The number of nitrogens with one attached hydrogen (secondary N) is 1. The van der Waals surface area contributed by atoms with Gasteiger partial charge in [0, 0.05) is 32.1 Å². The Kier molecular flexibility index (Phi) is 26.3. The first-order valence-corrected chi connectivity index (χ1v) is 46.3. The summed E-state index contributed by atoms with van der Waals surface area (Å²) in [7, 11) is 2.46. The summed E-state index contributed by atoms with van der Waals surface area (Å²) in [6, 6.07) is 15.7. The SMILES string of the molecule is CC(C)(C)[C@@H]1NC(=O)O[C@@H]2C[C@@H]3C[C@@H]3[C@H]2CCCCC(F)(F)c2nc3ccccc3nc2O[C@@H]2C[C@@H](C(=O)O)N(C2)C1=O.COC(=O)[C@@H]1C[C@@H]2CN1C(=O)[C@H](C(C)(C)C)CC(=O)O[C@@H]1C[C@@H]3C[C@@H]3[C@H]1CC/C=C/C(F)(F)c1nc3ccccc3nc1O2.COC(=O)[C@@H]1C[C@@H]2CN1C(=O)[C@H](C(C)(C)C)CC(=O)O[C@@H]1C[C@@H]3C[C@@H]3[C@H]1CCCCC(F)(F)c1nc3ccccc3nc1O2. The molecule has 12 aliphatic rings. The van der Waals surface area contributed by atoms with E-state index in [0.717, 1.165) is 49.5 Å². The lowest BCUT2D eigenvalue weighted by atomic mass is 9.77. The van der Waals surface area contributed by atoms with Gasteiger partial charge in [-0.25, -0.2) is 49.1 Å². The van der Waals surface area contributed by atoms with Crippen molar-refractivity contribution in [2.75, 3.05) is 33.9 Å². The third kappa shape index (κ3) is 20.4. The van der Waals surface area contributed by atoms with Gasteiger partial charge in [0.05, 0.1) is 91.6 Å². The predicted molar refractivity (Wildman–Crippen MR) is 462 cm³/mol. The highest BCUT2D eigenvalue weighted by Crippen LogP contribution is 2.61. The van der Waals surface area contributed by atoms with Crippen LogP contribution in [-0.4, -0.2) is 198 Å². The zero-order chi connectivity index (χ0) is 93.5. The maximum atomic E-state index is 15.9. The average Bonchev–Trinajstić information content (AvgIpc) is 1.62. The number of benzene rings is 3. The molecule has 9 fully saturated rings. The van der Waals surface area contributed by atoms with E-state index in [1.165, 1.54) is 30.1 Å². The number of halogens is 6. The van der Waals surface area contributed by atoms with Gasteiger partial charge >= 0.3 is 41.9 Å². The maximum absolute atomic E-state index is 15.9. The van der Waals surface area contributed by atoms with Gasteiger partial charge in [-0.2, -0.15) is 26.3 Å². The number of rotatable bonds is 3. The Labute approximate surface area is 756 Å². The molecule has 6 aliphatic carbocycles. The van der Waals surface area contributed by atoms with Crippen LogP contribution in [-0.2, 0) is 79.8 Å². The molecule has 18 rings (SSSR count). The normalized spacial score (nSPS) is 32.6. The lowest BCUT2D eigenvalue weighted by molar-refractivity contribution is -0.160. The van der Waals surface area contributed by atoms with Gasteiger partial charge in [0.25, 0.3) is 11.8 Å². The van der Waals surface area contributed by atoms with Crippen LogP contribution in [0.1, 0.15) is 214 Å². The van der Waals surface area contributed by atoms with E-state index in [1.54, 1.807) is 93.6 Å². The second-order valence-electron chi connectivity index (χ2n) is 41.3. The number of esters is 4. The molecule has 3 aromatic heterocycles. The fourth-order valence-corrected chi connectivity index (χ4v) is 21.8. The number of allylic oxidation sites excluding steroid dienone is 2. The minimum absolute atomic E-state index is 0.00160. The number of carbonyl (C=O) groups is 9. The van der Waals surface area contributed by atoms with E-state index in [9.17, 15) is 48.3 Å². The molecule has 0 radical (unpaired) electrons. The highest BCUT2D eigenvalue weighted by atomic mass is 19.3. The Morgan fingerprint density at radius 1 is 0.427 bits per heavy atom. The number of amides is 4. The molecule has 28 nitrogen and oxygen atoms in total. The molecule has 131 heavy (non-hydrogen) atoms. The molecule has 0 unspecified atom stereocenters. The number of ether oxygens (including phenoxy) is 8. The highest BCUT2D eigenvalue weighted by molar-refractivity contribution is 5.92. The molecule has 706 valence electrons. The van der Waals surface area contributed by atoms with Gasteiger partial charge in [-0.1, -0.05) is 118 Å². The van der Waals surface area contributed by atoms with Gasteiger partial charge in [0.1, 0.15) is 60.8 Å². The lowest BCUT2D eigenvalue weighted by Crippen LogP contribution is -2.57. The molecular formula is C97H118F6N10O18. The minimum Gasteiger partial charge on any atom is -0.480 e. The number of nitrogens with zero attached hydrogens (tertiary/aromatic N) is 9. The molecule has 4 amide bonds. The van der Waals surface area contributed by atoms with Gasteiger partial charge in [-0.3, -0.25) is 24.0 Å². The number of methoxy groups -OCH3 is 2. The van der Waals surface area contributed by atoms with Crippen molar-refractivity contribution >= 4 is 86.8 Å². The molecule has 6 aromatic rings. The number of alkyl halides is 6. The number of hydrogen-bond donors (Lipinski definition) is 2. The summed E-state index contributed by atoms with van der Waals surface area (Å²) in [6.45, 7) is 16.2. The van der Waals surface area contributed by atoms with Gasteiger partial charge in [-0.05, 0) is 189 Å². The standard InChI is InChI=1S/C33H41F2N3O6.C33H39F2N3O6.C31H38F2N4O6/c2*1-32(2,3)22-16-27(39)44-26-14-18-13-21(18)20(26)9-7-8-12-33(34,35)28-29(37-24-11-6-5-10-23(24)36-28)43-19-15-25(31(41)42-4)38(17-19)30(22)40;1-30(2,3)25-27(38)37-15-17(14-22(37)28(39)40)42-26-24(34-20-9-4-5-10-21(20)35-26)31(32,33)11-7-6-8-18-19-12-16(19)13-23(18)43-29(41)36-25/h5-6,10-11,18-22,25-26H,7-9,12-17H2,1-4H3;5-6,8,10-12,18-22,25-26H,7,9,13-17H2,1-4H3;4-5,9-10,16-19,22-23,25H,6-8,11-15H2,1-3H3,(H,36,41)(H,39,40)/b;12-8+;/t2*18-,19+,20+,21-,22+,25-,26+;16-,17+,18+,19-,22-,23+,25+/m000/s1. The minimum atomic E-state index is -3.51. The van der Waals surface area contributed by atoms with Crippen LogP contribution in [0.25, 0.3) is 33.1 Å². The predicted octanol–water partition coefficient (Wildman–Crippen LogP) is 15.5. The summed E-state index contributed by atoms with van der Waals surface area (Å²) in [5.74, 6) is -14.7. The number of aromatic nitrogens is 6. The molecule has 3 saturated heterocycles. The molecule has 9 heterocycles. The van der Waals surface area contributed by atoms with E-state index in [1.807, 2.05) is 41.5 Å². The fourth-order valence-electron chi connectivity index (χ4n) is 21.8. The van der Waals surface area contributed by atoms with Crippen LogP contribution in [0.2, 0.25) is 0 Å². The molecule has 0 spiro atoms. The number of hydrogen-bond acceptors (Lipinski definition) is 23. The van der Waals surface area contributed by atoms with Crippen molar-refractivity contribution in [1.29, 1.82) is 0 Å². The second kappa shape index (κ2) is 36.8. The van der Waals surface area contributed by atoms with E-state index in [0.29, 0.717) is 107 Å². The molecule has 2 N–H and O–H groups in total. The summed E-state index contributed by atoms with van der Waals surface area (Å²) < 4.78 is 141. The number of para-hydroxylation sites is 6. The van der Waals surface area contributed by atoms with E-state index >= 15 is 26.3 Å². The van der Waals surface area contributed by atoms with Crippen molar-refractivity contribution in [2.45, 2.75) is 276 Å². The Bertz CT molecular complexity index is 5390. The third-order valence-corrected chi connectivity index (χ3v) is 29.1. The smallest absolute Gasteiger partial charge is 0.408 e. The molecular weight excluding hydrogens is 1710 g/mol. The molecule has 6 aliphatic heterocycles. The van der Waals surface area contributed by atoms with Crippen molar-refractivity contribution in [3.8, 4) is 17.6 Å². The molecule has 6 bridgehead atoms. The van der Waals surface area contributed by atoms with Gasteiger partial charge in [-0.15, -0.1) is 0 Å². The number of fused-ring (bicyclic) bond motifs is 21. The second-order valence-corrected chi connectivity index (χ2v) is 41.3. The van der Waals surface area contributed by atoms with Crippen molar-refractivity contribution in [3.63, 3.8) is 0 Å². The van der Waals surface area contributed by atoms with Crippen molar-refractivity contribution in [2.24, 2.45) is 81.3 Å². The Morgan fingerprint density at radius 3 is 1.15 bits per heavy atom. The number of carbonyl (C=O) groups excluding carboxylic acids is 8. The van der Waals surface area contributed by atoms with E-state index < -0.39 is 172 Å². The summed E-state index contributed by atoms with van der Waals surface area (Å²) >= 11 is 0. The number of carboxylic acids is 1. The first-order chi connectivity index (χ1) is 62.0. The van der Waals surface area contributed by atoms with E-state index in [-0.39, 0.29) is 118 Å². The molecule has 3 aromatic carbocycles. The zero-order valence-corrected chi connectivity index (χ0v) is 75.9. The number of carboxylic acid groups (broad SMARTS) is 1. The highest BCUT2D eigenvalue weighted by Gasteiger charge is 2.59. The first-order valence-electron chi connectivity index (χ1n) is 46.3. The van der Waals surface area contributed by atoms with Gasteiger partial charge in [0.15, 0.2) is 17.1 Å². The summed E-state index contributed by atoms with van der Waals surface area (Å²) in [5.41, 5.74) is -1.75. The zero-order valence-electron chi connectivity index (χ0n) is 75.9. The van der Waals surface area contributed by atoms with Crippen LogP contribution in [0.4, 0.5) is 31.1 Å². The number of aliphatic carboxylic acids is 1. The summed E-state index contributed by atoms with van der Waals surface area (Å²) in [6.07, 6.45) is 6.08. The van der Waals surface area contributed by atoms with Crippen LogP contribution in [0.15, 0.2) is 84.9 Å². The Morgan fingerprint density at radius 2 is 0.779 bits per heavy atom. The summed E-state index contributed by atoms with van der Waals surface area (Å²) in [4.78, 5) is 150. The monoisotopic (exact) mass is 1820 g/mol. The third-order valence-electron chi connectivity index (χ3n) is 29.1. The quantitative estimate of drug-likeness (QED) is 0.0719. The maximum Gasteiger partial charge on any atom is 0.408 e. The first kappa shape index (κ1) is 93.7. The summed E-state index contributed by atoms with van der Waals surface area (Å²) in [5, 5.41) is 12.8. The van der Waals surface area contributed by atoms with Crippen LogP contribution in [0.5, 0.6) is 17.6 Å². The van der Waals surface area contributed by atoms with Gasteiger partial charge in [0.2, 0.25) is 35.4 Å². The van der Waals surface area contributed by atoms with Crippen LogP contribution >= 0.6 is 0 Å². The Balaban J connectivity index is 0.000000144. The van der Waals surface area contributed by atoms with Crippen molar-refractivity contribution < 1.29 is 112 Å². The molecule has 34 heteroatoms. The number of alkyl carbamates (subject to hydrolysis) is 1. The van der Waals surface area contributed by atoms with E-state index in [2.05, 4.69) is 35.2 Å². The average molecular weight is 1830 g/mol. The van der Waals surface area contributed by atoms with Crippen molar-refractivity contribution in [1.82, 2.24) is 49.9 Å². The molecule has 21 atom stereocenters.